The first-order valence-corrected chi connectivity index (χ1v) is 7.49. The number of nitrogens with one attached hydrogen (secondary N) is 1. The first kappa shape index (κ1) is 12.9. The number of nitrogens with zero attached hydrogens (tertiary/aromatic N) is 2. The summed E-state index contributed by atoms with van der Waals surface area (Å²) in [6, 6.07) is 0.748. The minimum Gasteiger partial charge on any atom is -0.339 e. The minimum atomic E-state index is 0.661. The van der Waals surface area contributed by atoms with E-state index in [1.54, 1.807) is 0 Å². The topological polar surface area (TPSA) is 51.0 Å². The third kappa shape index (κ3) is 4.68. The van der Waals surface area contributed by atoms with Gasteiger partial charge in [-0.25, -0.2) is 0 Å². The van der Waals surface area contributed by atoms with E-state index in [1.165, 1.54) is 19.3 Å². The van der Waals surface area contributed by atoms with Gasteiger partial charge in [-0.3, -0.25) is 0 Å². The van der Waals surface area contributed by atoms with Gasteiger partial charge >= 0.3 is 0 Å². The molecule has 1 saturated carbocycles. The molecule has 4 nitrogen and oxygen atoms in total. The largest absolute Gasteiger partial charge is 0.339 e. The van der Waals surface area contributed by atoms with Gasteiger partial charge in [0.2, 0.25) is 5.89 Å². The molecule has 0 amide bonds. The molecule has 5 heteroatoms. The van der Waals surface area contributed by atoms with Crippen LogP contribution in [0.1, 0.15) is 44.8 Å². The Morgan fingerprint density at radius 2 is 2.35 bits per heavy atom. The molecule has 1 N–H and O–H groups in total. The van der Waals surface area contributed by atoms with Crippen LogP contribution in [0.15, 0.2) is 4.52 Å². The van der Waals surface area contributed by atoms with E-state index in [-0.39, 0.29) is 0 Å². The lowest BCUT2D eigenvalue weighted by atomic mass is 10.4. The quantitative estimate of drug-likeness (QED) is 0.773. The predicted molar refractivity (Wildman–Crippen MR) is 70.1 cm³/mol. The maximum atomic E-state index is 5.22. The second-order valence-electron chi connectivity index (χ2n) is 4.61. The van der Waals surface area contributed by atoms with Crippen molar-refractivity contribution in [1.82, 2.24) is 15.5 Å². The highest BCUT2D eigenvalue weighted by Gasteiger charge is 2.20. The SMILES string of the molecule is CCC(C)SCc1noc(CCNC2CC2)n1. The van der Waals surface area contributed by atoms with Crippen molar-refractivity contribution in [3.63, 3.8) is 0 Å². The molecule has 1 fully saturated rings. The smallest absolute Gasteiger partial charge is 0.227 e. The van der Waals surface area contributed by atoms with Crippen LogP contribution in [-0.2, 0) is 12.2 Å². The first-order valence-electron chi connectivity index (χ1n) is 6.44. The van der Waals surface area contributed by atoms with Crippen molar-refractivity contribution in [2.75, 3.05) is 6.54 Å². The molecule has 1 aromatic heterocycles. The Hall–Kier alpha value is -0.550. The van der Waals surface area contributed by atoms with Crippen LogP contribution >= 0.6 is 11.8 Å². The molecule has 1 heterocycles. The minimum absolute atomic E-state index is 0.661. The number of rotatable bonds is 8. The summed E-state index contributed by atoms with van der Waals surface area (Å²) in [4.78, 5) is 4.40. The van der Waals surface area contributed by atoms with Gasteiger partial charge in [-0.1, -0.05) is 19.0 Å². The Morgan fingerprint density at radius 3 is 3.06 bits per heavy atom. The van der Waals surface area contributed by atoms with Gasteiger partial charge in [0.05, 0.1) is 5.75 Å². The lowest BCUT2D eigenvalue weighted by molar-refractivity contribution is 0.372. The van der Waals surface area contributed by atoms with Crippen LogP contribution in [0.3, 0.4) is 0 Å². The summed E-state index contributed by atoms with van der Waals surface area (Å²) in [6.45, 7) is 5.37. The van der Waals surface area contributed by atoms with Gasteiger partial charge < -0.3 is 9.84 Å². The molecule has 17 heavy (non-hydrogen) atoms. The van der Waals surface area contributed by atoms with Crippen LogP contribution in [0.4, 0.5) is 0 Å². The molecule has 0 aliphatic heterocycles. The predicted octanol–water partition coefficient (Wildman–Crippen LogP) is 2.40. The van der Waals surface area contributed by atoms with Gasteiger partial charge in [-0.05, 0) is 19.3 Å². The zero-order valence-corrected chi connectivity index (χ0v) is 11.4. The Labute approximate surface area is 107 Å². The van der Waals surface area contributed by atoms with Crippen molar-refractivity contribution < 1.29 is 4.52 Å². The Kier molecular flexibility index (Phi) is 4.86. The maximum Gasteiger partial charge on any atom is 0.227 e. The van der Waals surface area contributed by atoms with E-state index >= 15 is 0 Å². The van der Waals surface area contributed by atoms with Crippen LogP contribution in [0.5, 0.6) is 0 Å². The fraction of sp³-hybridized carbons (Fsp3) is 0.833. The Bertz CT molecular complexity index is 338. The molecule has 1 aromatic rings. The molecule has 0 aromatic carbocycles. The fourth-order valence-electron chi connectivity index (χ4n) is 1.46. The fourth-order valence-corrected chi connectivity index (χ4v) is 2.24. The van der Waals surface area contributed by atoms with E-state index in [0.717, 1.165) is 36.5 Å². The van der Waals surface area contributed by atoms with Gasteiger partial charge in [0, 0.05) is 24.3 Å². The van der Waals surface area contributed by atoms with Gasteiger partial charge in [0.1, 0.15) is 0 Å². The summed E-state index contributed by atoms with van der Waals surface area (Å²) < 4.78 is 5.22. The molecule has 96 valence electrons. The van der Waals surface area contributed by atoms with E-state index in [9.17, 15) is 0 Å². The summed E-state index contributed by atoms with van der Waals surface area (Å²) in [7, 11) is 0. The summed E-state index contributed by atoms with van der Waals surface area (Å²) in [5.74, 6) is 2.45. The molecule has 0 radical (unpaired) electrons. The molecule has 1 aliphatic carbocycles. The molecule has 2 rings (SSSR count). The van der Waals surface area contributed by atoms with Gasteiger partial charge in [-0.15, -0.1) is 0 Å². The molecule has 0 saturated heterocycles. The average molecular weight is 255 g/mol. The molecule has 0 spiro atoms. The third-order valence-corrected chi connectivity index (χ3v) is 4.26. The van der Waals surface area contributed by atoms with Gasteiger partial charge in [0.25, 0.3) is 0 Å². The lowest BCUT2D eigenvalue weighted by Crippen LogP contribution is -2.19. The summed E-state index contributed by atoms with van der Waals surface area (Å²) in [5.41, 5.74) is 0. The van der Waals surface area contributed by atoms with Crippen LogP contribution in [0, 0.1) is 0 Å². The van der Waals surface area contributed by atoms with E-state index < -0.39 is 0 Å². The van der Waals surface area contributed by atoms with Gasteiger partial charge in [-0.2, -0.15) is 16.7 Å². The van der Waals surface area contributed by atoms with Crippen molar-refractivity contribution in [1.29, 1.82) is 0 Å². The van der Waals surface area contributed by atoms with E-state index in [1.807, 2.05) is 11.8 Å². The van der Waals surface area contributed by atoms with Crippen LogP contribution in [0.2, 0.25) is 0 Å². The van der Waals surface area contributed by atoms with Crippen LogP contribution in [0.25, 0.3) is 0 Å². The number of hydrogen-bond donors (Lipinski definition) is 1. The van der Waals surface area contributed by atoms with Gasteiger partial charge in [0.15, 0.2) is 5.82 Å². The maximum absolute atomic E-state index is 5.22. The van der Waals surface area contributed by atoms with Crippen molar-refractivity contribution in [2.45, 2.75) is 56.6 Å². The molecular weight excluding hydrogens is 234 g/mol. The second kappa shape index (κ2) is 6.40. The molecule has 1 unspecified atom stereocenters. The second-order valence-corrected chi connectivity index (χ2v) is 6.04. The highest BCUT2D eigenvalue weighted by Crippen LogP contribution is 2.19. The zero-order chi connectivity index (χ0) is 12.1. The first-order chi connectivity index (χ1) is 8.28. The Balaban J connectivity index is 1.67. The van der Waals surface area contributed by atoms with Crippen molar-refractivity contribution in [3.05, 3.63) is 11.7 Å². The van der Waals surface area contributed by atoms with E-state index in [2.05, 4.69) is 29.3 Å². The molecule has 1 aliphatic rings. The average Bonchev–Trinajstić information content (AvgIpc) is 3.05. The summed E-state index contributed by atoms with van der Waals surface area (Å²) in [5, 5.41) is 8.10. The normalized spacial score (nSPS) is 17.3. The number of aromatic nitrogens is 2. The Morgan fingerprint density at radius 1 is 1.53 bits per heavy atom. The monoisotopic (exact) mass is 255 g/mol. The standard InChI is InChI=1S/C12H21N3OS/c1-3-9(2)17-8-11-14-12(16-15-11)6-7-13-10-4-5-10/h9-10,13H,3-8H2,1-2H3. The molecule has 0 bridgehead atoms. The van der Waals surface area contributed by atoms with Crippen molar-refractivity contribution in [2.24, 2.45) is 0 Å². The van der Waals surface area contributed by atoms with Crippen LogP contribution < -0.4 is 5.32 Å². The van der Waals surface area contributed by atoms with Crippen molar-refractivity contribution >= 4 is 11.8 Å². The zero-order valence-electron chi connectivity index (χ0n) is 10.6. The van der Waals surface area contributed by atoms with Crippen LogP contribution in [-0.4, -0.2) is 28.0 Å². The number of thioether (sulfide) groups is 1. The molecule has 1 atom stereocenters. The highest BCUT2D eigenvalue weighted by atomic mass is 32.2. The lowest BCUT2D eigenvalue weighted by Gasteiger charge is -2.04. The summed E-state index contributed by atoms with van der Waals surface area (Å²) in [6.07, 6.45) is 4.67. The van der Waals surface area contributed by atoms with E-state index in [0.29, 0.717) is 5.25 Å². The van der Waals surface area contributed by atoms with Crippen molar-refractivity contribution in [3.8, 4) is 0 Å². The molecular formula is C12H21N3OS. The van der Waals surface area contributed by atoms with E-state index in [4.69, 9.17) is 4.52 Å². The summed E-state index contributed by atoms with van der Waals surface area (Å²) >= 11 is 1.88. The third-order valence-electron chi connectivity index (χ3n) is 2.93. The number of hydrogen-bond acceptors (Lipinski definition) is 5. The highest BCUT2D eigenvalue weighted by molar-refractivity contribution is 7.99.